The van der Waals surface area contributed by atoms with Gasteiger partial charge in [0.1, 0.15) is 6.04 Å². The number of piperidine rings is 1. The molecule has 4 nitrogen and oxygen atoms in total. The molecule has 2 N–H and O–H groups in total. The fraction of sp³-hybridized carbons (Fsp3) is 0.714. The molecule has 0 radical (unpaired) electrons. The molecule has 0 bridgehead atoms. The molecule has 0 unspecified atom stereocenters. The van der Waals surface area contributed by atoms with Crippen molar-refractivity contribution in [2.45, 2.75) is 25.8 Å². The van der Waals surface area contributed by atoms with Crippen LogP contribution in [0.25, 0.3) is 0 Å². The molecule has 1 aliphatic heterocycles. The molecule has 2 atom stereocenters. The van der Waals surface area contributed by atoms with Gasteiger partial charge >= 0.3 is 5.97 Å². The van der Waals surface area contributed by atoms with Gasteiger partial charge in [-0.05, 0) is 12.3 Å². The smallest absolute Gasteiger partial charge is 0.326 e. The van der Waals surface area contributed by atoms with Crippen LogP contribution in [0.3, 0.4) is 0 Å². The monoisotopic (exact) mass is 157 g/mol. The fourth-order valence-electron chi connectivity index (χ4n) is 1.28. The molecule has 0 saturated carbocycles. The van der Waals surface area contributed by atoms with Gasteiger partial charge in [-0.2, -0.15) is 0 Å². The summed E-state index contributed by atoms with van der Waals surface area (Å²) in [6, 6.07) is -0.675. The summed E-state index contributed by atoms with van der Waals surface area (Å²) in [4.78, 5) is 21.2. The van der Waals surface area contributed by atoms with Crippen molar-refractivity contribution in [3.63, 3.8) is 0 Å². The average Bonchev–Trinajstić information content (AvgIpc) is 1.85. The third kappa shape index (κ3) is 1.93. The van der Waals surface area contributed by atoms with Gasteiger partial charge in [0.15, 0.2) is 0 Å². The molecule has 1 aliphatic rings. The summed E-state index contributed by atoms with van der Waals surface area (Å²) in [6.07, 6.45) is 0.991. The van der Waals surface area contributed by atoms with Gasteiger partial charge in [0.05, 0.1) is 0 Å². The molecule has 0 aliphatic carbocycles. The lowest BCUT2D eigenvalue weighted by molar-refractivity contribution is -0.144. The average molecular weight is 157 g/mol. The molecule has 1 fully saturated rings. The van der Waals surface area contributed by atoms with Crippen molar-refractivity contribution >= 4 is 11.9 Å². The lowest BCUT2D eigenvalue weighted by atomic mass is 9.94. The maximum Gasteiger partial charge on any atom is 0.326 e. The highest BCUT2D eigenvalue weighted by molar-refractivity contribution is 5.84. The van der Waals surface area contributed by atoms with E-state index in [2.05, 4.69) is 5.32 Å². The van der Waals surface area contributed by atoms with E-state index < -0.39 is 12.0 Å². The van der Waals surface area contributed by atoms with Crippen molar-refractivity contribution in [1.29, 1.82) is 0 Å². The molecule has 1 rings (SSSR count). The van der Waals surface area contributed by atoms with Crippen molar-refractivity contribution in [1.82, 2.24) is 5.32 Å². The number of carbonyl (C=O) groups is 2. The van der Waals surface area contributed by atoms with E-state index in [4.69, 9.17) is 5.11 Å². The molecule has 4 heteroatoms. The predicted octanol–water partition coefficient (Wildman–Crippen LogP) is -0.0143. The molecular formula is C7H11NO3. The van der Waals surface area contributed by atoms with E-state index in [0.717, 1.165) is 0 Å². The number of aliphatic carboxylic acids is 1. The topological polar surface area (TPSA) is 66.4 Å². The van der Waals surface area contributed by atoms with E-state index in [1.165, 1.54) is 0 Å². The quantitative estimate of drug-likeness (QED) is 0.562. The van der Waals surface area contributed by atoms with Crippen LogP contribution in [0.15, 0.2) is 0 Å². The van der Waals surface area contributed by atoms with Crippen molar-refractivity contribution in [2.24, 2.45) is 5.92 Å². The molecular weight excluding hydrogens is 146 g/mol. The van der Waals surface area contributed by atoms with Gasteiger partial charge in [-0.1, -0.05) is 6.92 Å². The standard InChI is InChI=1S/C7H11NO3/c1-4-2-5(7(10)11)8-6(9)3-4/h4-5H,2-3H2,1H3,(H,8,9)(H,10,11)/t4-,5-/m1/s1. The fourth-order valence-corrected chi connectivity index (χ4v) is 1.28. The Labute approximate surface area is 64.6 Å². The number of carboxylic acids is 1. The second-order valence-electron chi connectivity index (χ2n) is 3.00. The molecule has 0 aromatic carbocycles. The van der Waals surface area contributed by atoms with Crippen LogP contribution in [-0.2, 0) is 9.59 Å². The number of hydrogen-bond donors (Lipinski definition) is 2. The normalized spacial score (nSPS) is 31.2. The zero-order valence-electron chi connectivity index (χ0n) is 6.33. The van der Waals surface area contributed by atoms with Gasteiger partial charge in [0.25, 0.3) is 0 Å². The molecule has 11 heavy (non-hydrogen) atoms. The number of nitrogens with one attached hydrogen (secondary N) is 1. The van der Waals surface area contributed by atoms with E-state index in [-0.39, 0.29) is 11.8 Å². The lowest BCUT2D eigenvalue weighted by Gasteiger charge is -2.24. The van der Waals surface area contributed by atoms with Crippen LogP contribution in [0.1, 0.15) is 19.8 Å². The van der Waals surface area contributed by atoms with Crippen LogP contribution in [-0.4, -0.2) is 23.0 Å². The van der Waals surface area contributed by atoms with Gasteiger partial charge in [0, 0.05) is 6.42 Å². The summed E-state index contributed by atoms with van der Waals surface area (Å²) in [5.74, 6) is -0.911. The lowest BCUT2D eigenvalue weighted by Crippen LogP contribution is -2.46. The van der Waals surface area contributed by atoms with E-state index in [1.807, 2.05) is 6.92 Å². The summed E-state index contributed by atoms with van der Waals surface area (Å²) in [6.45, 7) is 1.88. The molecule has 0 spiro atoms. The molecule has 1 amide bonds. The van der Waals surface area contributed by atoms with E-state index >= 15 is 0 Å². The number of hydrogen-bond acceptors (Lipinski definition) is 2. The maximum atomic E-state index is 10.8. The van der Waals surface area contributed by atoms with E-state index in [9.17, 15) is 9.59 Å². The molecule has 0 aromatic heterocycles. The first-order chi connectivity index (χ1) is 5.09. The second kappa shape index (κ2) is 2.90. The van der Waals surface area contributed by atoms with Gasteiger partial charge in [-0.3, -0.25) is 4.79 Å². The Bertz CT molecular complexity index is 190. The number of rotatable bonds is 1. The minimum Gasteiger partial charge on any atom is -0.480 e. The highest BCUT2D eigenvalue weighted by Gasteiger charge is 2.28. The summed E-state index contributed by atoms with van der Waals surface area (Å²) >= 11 is 0. The highest BCUT2D eigenvalue weighted by Crippen LogP contribution is 2.15. The number of carbonyl (C=O) groups excluding carboxylic acids is 1. The van der Waals surface area contributed by atoms with Gasteiger partial charge in [0.2, 0.25) is 5.91 Å². The van der Waals surface area contributed by atoms with Crippen molar-refractivity contribution in [2.75, 3.05) is 0 Å². The minimum absolute atomic E-state index is 0.156. The number of amides is 1. The molecule has 1 heterocycles. The first-order valence-corrected chi connectivity index (χ1v) is 3.61. The van der Waals surface area contributed by atoms with Gasteiger partial charge in [-0.15, -0.1) is 0 Å². The zero-order valence-corrected chi connectivity index (χ0v) is 6.33. The highest BCUT2D eigenvalue weighted by atomic mass is 16.4. The Kier molecular flexibility index (Phi) is 2.12. The third-order valence-corrected chi connectivity index (χ3v) is 1.81. The Morgan fingerprint density at radius 3 is 2.82 bits per heavy atom. The first kappa shape index (κ1) is 8.04. The second-order valence-corrected chi connectivity index (χ2v) is 3.00. The van der Waals surface area contributed by atoms with Crippen molar-refractivity contribution in [3.05, 3.63) is 0 Å². The van der Waals surface area contributed by atoms with Crippen molar-refractivity contribution in [3.8, 4) is 0 Å². The third-order valence-electron chi connectivity index (χ3n) is 1.81. The van der Waals surface area contributed by atoms with E-state index in [0.29, 0.717) is 12.8 Å². The molecule has 62 valence electrons. The summed E-state index contributed by atoms with van der Waals surface area (Å²) in [5, 5.41) is 11.0. The van der Waals surface area contributed by atoms with E-state index in [1.54, 1.807) is 0 Å². The van der Waals surface area contributed by atoms with Crippen LogP contribution in [0, 0.1) is 5.92 Å². The van der Waals surface area contributed by atoms with Gasteiger partial charge in [-0.25, -0.2) is 4.79 Å². The minimum atomic E-state index is -0.940. The summed E-state index contributed by atoms with van der Waals surface area (Å²) in [5.41, 5.74) is 0. The maximum absolute atomic E-state index is 10.8. The van der Waals surface area contributed by atoms with Crippen LogP contribution in [0.4, 0.5) is 0 Å². The largest absolute Gasteiger partial charge is 0.480 e. The van der Waals surface area contributed by atoms with Crippen LogP contribution < -0.4 is 5.32 Å². The molecule has 0 aromatic rings. The van der Waals surface area contributed by atoms with Crippen LogP contribution >= 0.6 is 0 Å². The zero-order chi connectivity index (χ0) is 8.43. The SMILES string of the molecule is C[C@H]1CC(=O)N[C@@H](C(=O)O)C1. The Morgan fingerprint density at radius 1 is 1.73 bits per heavy atom. The predicted molar refractivity (Wildman–Crippen MR) is 38.0 cm³/mol. The van der Waals surface area contributed by atoms with Crippen LogP contribution in [0.2, 0.25) is 0 Å². The first-order valence-electron chi connectivity index (χ1n) is 3.61. The Morgan fingerprint density at radius 2 is 2.36 bits per heavy atom. The summed E-state index contributed by atoms with van der Waals surface area (Å²) in [7, 11) is 0. The Hall–Kier alpha value is -1.06. The van der Waals surface area contributed by atoms with Crippen molar-refractivity contribution < 1.29 is 14.7 Å². The summed E-state index contributed by atoms with van der Waals surface area (Å²) < 4.78 is 0. The van der Waals surface area contributed by atoms with Crippen LogP contribution in [0.5, 0.6) is 0 Å². The Balaban J connectivity index is 2.56. The van der Waals surface area contributed by atoms with Gasteiger partial charge < -0.3 is 10.4 Å². The number of carboxylic acid groups (broad SMARTS) is 1. The molecule has 1 saturated heterocycles.